The number of aromatic nitrogens is 1. The van der Waals surface area contributed by atoms with Crippen LogP contribution in [0.15, 0.2) is 18.2 Å². The van der Waals surface area contributed by atoms with Gasteiger partial charge in [-0.15, -0.1) is 0 Å². The first-order chi connectivity index (χ1) is 8.52. The Morgan fingerprint density at radius 1 is 1.67 bits per heavy atom. The van der Waals surface area contributed by atoms with Crippen molar-refractivity contribution >= 4 is 17.4 Å². The van der Waals surface area contributed by atoms with Crippen LogP contribution in [0.1, 0.15) is 17.8 Å². The third kappa shape index (κ3) is 4.85. The highest BCUT2D eigenvalue weighted by atomic mass is 32.1. The van der Waals surface area contributed by atoms with E-state index < -0.39 is 0 Å². The van der Waals surface area contributed by atoms with Gasteiger partial charge >= 0.3 is 0 Å². The fourth-order valence-corrected chi connectivity index (χ4v) is 1.97. The van der Waals surface area contributed by atoms with Crippen LogP contribution in [0.25, 0.3) is 0 Å². The zero-order valence-electron chi connectivity index (χ0n) is 11.1. The second-order valence-electron chi connectivity index (χ2n) is 4.17. The number of nitrogens with one attached hydrogen (secondary N) is 1. The Balaban J connectivity index is 2.46. The number of likely N-dealkylation sites (N-methyl/N-ethyl adjacent to an activating group) is 1. The first-order valence-electron chi connectivity index (χ1n) is 5.65. The minimum Gasteiger partial charge on any atom is -0.480 e. The fraction of sp³-hybridized carbons (Fsp3) is 0.500. The summed E-state index contributed by atoms with van der Waals surface area (Å²) in [6, 6.07) is 1.77. The van der Waals surface area contributed by atoms with Gasteiger partial charge < -0.3 is 15.0 Å². The molecular formula is C12H19N3O2S. The molecule has 0 aromatic carbocycles. The summed E-state index contributed by atoms with van der Waals surface area (Å²) in [6.07, 6.45) is 3.38. The Bertz CT molecular complexity index is 415. The van der Waals surface area contributed by atoms with Crippen molar-refractivity contribution in [3.05, 3.63) is 23.1 Å². The molecule has 0 spiro atoms. The van der Waals surface area contributed by atoms with Crippen LogP contribution in [0.3, 0.4) is 0 Å². The second-order valence-corrected chi connectivity index (χ2v) is 5.00. The summed E-state index contributed by atoms with van der Waals surface area (Å²) >= 11 is 1.33. The number of carbonyl (C=O) groups is 1. The van der Waals surface area contributed by atoms with Crippen LogP contribution in [0.4, 0.5) is 0 Å². The molecule has 1 N–H and O–H groups in total. The number of carbonyl (C=O) groups excluding carboxylic acids is 1. The Morgan fingerprint density at radius 3 is 2.94 bits per heavy atom. The summed E-state index contributed by atoms with van der Waals surface area (Å²) in [7, 11) is 5.48. The Hall–Kier alpha value is -1.40. The van der Waals surface area contributed by atoms with E-state index >= 15 is 0 Å². The molecule has 1 atom stereocenters. The molecule has 1 amide bonds. The molecule has 6 heteroatoms. The number of ether oxygens (including phenoxy) is 1. The molecule has 0 fully saturated rings. The molecule has 100 valence electrons. The maximum absolute atomic E-state index is 11.6. The fourth-order valence-electron chi connectivity index (χ4n) is 1.28. The molecule has 1 heterocycles. The summed E-state index contributed by atoms with van der Waals surface area (Å²) in [5, 5.41) is 2.88. The van der Waals surface area contributed by atoms with E-state index in [-0.39, 0.29) is 11.9 Å². The van der Waals surface area contributed by atoms with Crippen molar-refractivity contribution in [3.8, 4) is 5.88 Å². The van der Waals surface area contributed by atoms with E-state index in [9.17, 15) is 4.79 Å². The molecule has 0 saturated carbocycles. The van der Waals surface area contributed by atoms with E-state index in [0.717, 1.165) is 11.4 Å². The van der Waals surface area contributed by atoms with E-state index in [1.165, 1.54) is 11.5 Å². The Labute approximate surface area is 112 Å². The lowest BCUT2D eigenvalue weighted by atomic mass is 10.2. The number of hydrogen-bond acceptors (Lipinski definition) is 5. The maximum Gasteiger partial charge on any atom is 0.244 e. The molecule has 1 aromatic rings. The second kappa shape index (κ2) is 7.13. The van der Waals surface area contributed by atoms with Crippen LogP contribution in [0.2, 0.25) is 0 Å². The minimum atomic E-state index is -0.100. The molecule has 0 aliphatic carbocycles. The van der Waals surface area contributed by atoms with Crippen molar-refractivity contribution in [2.45, 2.75) is 13.0 Å². The van der Waals surface area contributed by atoms with Crippen LogP contribution in [-0.4, -0.2) is 42.9 Å². The number of rotatable bonds is 6. The monoisotopic (exact) mass is 269 g/mol. The Morgan fingerprint density at radius 2 is 2.39 bits per heavy atom. The van der Waals surface area contributed by atoms with Crippen molar-refractivity contribution in [2.24, 2.45) is 0 Å². The standard InChI is InChI=1S/C12H19N3O2S/c1-9(10-8-12(17-4)14-18-10)13-11(16)6-5-7-15(2)3/h5-6,8-9H,7H2,1-4H3,(H,13,16)/b6-5+. The summed E-state index contributed by atoms with van der Waals surface area (Å²) in [4.78, 5) is 14.6. The van der Waals surface area contributed by atoms with Gasteiger partial charge in [-0.25, -0.2) is 0 Å². The molecule has 0 aliphatic heterocycles. The molecule has 0 aliphatic rings. The topological polar surface area (TPSA) is 54.5 Å². The quantitative estimate of drug-likeness (QED) is 0.794. The zero-order valence-corrected chi connectivity index (χ0v) is 12.0. The van der Waals surface area contributed by atoms with Crippen LogP contribution in [-0.2, 0) is 4.79 Å². The highest BCUT2D eigenvalue weighted by Gasteiger charge is 2.11. The maximum atomic E-state index is 11.6. The van der Waals surface area contributed by atoms with Gasteiger partial charge in [0, 0.05) is 18.7 Å². The van der Waals surface area contributed by atoms with Crippen LogP contribution < -0.4 is 10.1 Å². The summed E-state index contributed by atoms with van der Waals surface area (Å²) in [5.74, 6) is 0.482. The van der Waals surface area contributed by atoms with Gasteiger partial charge in [-0.1, -0.05) is 6.08 Å². The van der Waals surface area contributed by atoms with Crippen LogP contribution >= 0.6 is 11.5 Å². The molecule has 1 rings (SSSR count). The summed E-state index contributed by atoms with van der Waals surface area (Å²) in [5.41, 5.74) is 0. The van der Waals surface area contributed by atoms with Gasteiger partial charge in [-0.05, 0) is 32.6 Å². The highest BCUT2D eigenvalue weighted by molar-refractivity contribution is 7.06. The molecule has 0 radical (unpaired) electrons. The van der Waals surface area contributed by atoms with E-state index in [2.05, 4.69) is 9.69 Å². The van der Waals surface area contributed by atoms with E-state index in [1.54, 1.807) is 13.2 Å². The van der Waals surface area contributed by atoms with E-state index in [1.807, 2.05) is 38.1 Å². The first-order valence-corrected chi connectivity index (χ1v) is 6.42. The van der Waals surface area contributed by atoms with Crippen LogP contribution in [0.5, 0.6) is 5.88 Å². The summed E-state index contributed by atoms with van der Waals surface area (Å²) < 4.78 is 9.10. The van der Waals surface area contributed by atoms with Crippen molar-refractivity contribution < 1.29 is 9.53 Å². The summed E-state index contributed by atoms with van der Waals surface area (Å²) in [6.45, 7) is 2.67. The average Bonchev–Trinajstić information content (AvgIpc) is 2.76. The predicted octanol–water partition coefficient (Wildman–Crippen LogP) is 1.45. The third-order valence-electron chi connectivity index (χ3n) is 2.24. The minimum absolute atomic E-state index is 0.0668. The first kappa shape index (κ1) is 14.7. The molecule has 18 heavy (non-hydrogen) atoms. The van der Waals surface area contributed by atoms with Gasteiger partial charge in [0.15, 0.2) is 0 Å². The lowest BCUT2D eigenvalue weighted by Gasteiger charge is -2.09. The zero-order chi connectivity index (χ0) is 13.5. The number of amides is 1. The van der Waals surface area contributed by atoms with Crippen molar-refractivity contribution in [2.75, 3.05) is 27.7 Å². The molecule has 5 nitrogen and oxygen atoms in total. The predicted molar refractivity (Wildman–Crippen MR) is 72.9 cm³/mol. The third-order valence-corrected chi connectivity index (χ3v) is 3.19. The molecule has 1 aromatic heterocycles. The lowest BCUT2D eigenvalue weighted by molar-refractivity contribution is -0.117. The van der Waals surface area contributed by atoms with Crippen LogP contribution in [0, 0.1) is 0 Å². The van der Waals surface area contributed by atoms with Gasteiger partial charge in [0.1, 0.15) is 0 Å². The number of hydrogen-bond donors (Lipinski definition) is 1. The molecular weight excluding hydrogens is 250 g/mol. The Kier molecular flexibility index (Phi) is 5.80. The lowest BCUT2D eigenvalue weighted by Crippen LogP contribution is -2.24. The van der Waals surface area contributed by atoms with E-state index in [0.29, 0.717) is 5.88 Å². The molecule has 1 unspecified atom stereocenters. The largest absolute Gasteiger partial charge is 0.480 e. The van der Waals surface area contributed by atoms with Crippen molar-refractivity contribution in [1.82, 2.24) is 14.6 Å². The average molecular weight is 269 g/mol. The van der Waals surface area contributed by atoms with Gasteiger partial charge in [-0.2, -0.15) is 4.37 Å². The van der Waals surface area contributed by atoms with Gasteiger partial charge in [0.2, 0.25) is 11.8 Å². The van der Waals surface area contributed by atoms with Crippen molar-refractivity contribution in [1.29, 1.82) is 0 Å². The number of methoxy groups -OCH3 is 1. The van der Waals surface area contributed by atoms with Gasteiger partial charge in [0.05, 0.1) is 18.0 Å². The highest BCUT2D eigenvalue weighted by Crippen LogP contribution is 2.22. The molecule has 0 bridgehead atoms. The number of nitrogens with zero attached hydrogens (tertiary/aromatic N) is 2. The van der Waals surface area contributed by atoms with Gasteiger partial charge in [-0.3, -0.25) is 4.79 Å². The van der Waals surface area contributed by atoms with Gasteiger partial charge in [0.25, 0.3) is 0 Å². The SMILES string of the molecule is COc1cc(C(C)NC(=O)/C=C/CN(C)C)sn1. The smallest absolute Gasteiger partial charge is 0.244 e. The van der Waals surface area contributed by atoms with E-state index in [4.69, 9.17) is 4.74 Å². The molecule has 0 saturated heterocycles. The van der Waals surface area contributed by atoms with Crippen molar-refractivity contribution in [3.63, 3.8) is 0 Å². The normalized spacial score (nSPS) is 12.9.